The quantitative estimate of drug-likeness (QED) is 0.611. The van der Waals surface area contributed by atoms with Crippen molar-refractivity contribution in [3.05, 3.63) is 64.2 Å². The number of hydrogen-bond acceptors (Lipinski definition) is 5. The van der Waals surface area contributed by atoms with Crippen LogP contribution in [0.3, 0.4) is 0 Å². The first kappa shape index (κ1) is 19.3. The third kappa shape index (κ3) is 4.28. The van der Waals surface area contributed by atoms with E-state index in [1.54, 1.807) is 18.0 Å². The number of amides is 2. The highest BCUT2D eigenvalue weighted by Gasteiger charge is 2.28. The van der Waals surface area contributed by atoms with Crippen LogP contribution in [-0.2, 0) is 4.79 Å². The lowest BCUT2D eigenvalue weighted by Crippen LogP contribution is -2.41. The number of anilines is 2. The number of carbonyl (C=O) groups excluding carboxylic acids is 2. The Morgan fingerprint density at radius 1 is 1.11 bits per heavy atom. The molecule has 2 N–H and O–H groups in total. The molecule has 0 aromatic heterocycles. The third-order valence-corrected chi connectivity index (χ3v) is 4.91. The molecule has 8 heteroatoms. The number of nitrogens with zero attached hydrogens (tertiary/aromatic N) is 2. The molecule has 0 bridgehead atoms. The van der Waals surface area contributed by atoms with Crippen molar-refractivity contribution in [2.75, 3.05) is 30.8 Å². The van der Waals surface area contributed by atoms with Gasteiger partial charge in [-0.1, -0.05) is 18.2 Å². The molecular formula is C20H22N4O4. The van der Waals surface area contributed by atoms with Gasteiger partial charge in [-0.2, -0.15) is 0 Å². The van der Waals surface area contributed by atoms with Crippen LogP contribution in [0.5, 0.6) is 0 Å². The number of nitro groups is 1. The molecule has 0 saturated carbocycles. The van der Waals surface area contributed by atoms with E-state index in [-0.39, 0.29) is 29.0 Å². The van der Waals surface area contributed by atoms with Crippen LogP contribution >= 0.6 is 0 Å². The molecule has 2 aromatic carbocycles. The van der Waals surface area contributed by atoms with Crippen LogP contribution in [-0.4, -0.2) is 41.8 Å². The van der Waals surface area contributed by atoms with E-state index in [9.17, 15) is 19.7 Å². The molecule has 0 spiro atoms. The van der Waals surface area contributed by atoms with Crippen LogP contribution in [0.2, 0.25) is 0 Å². The summed E-state index contributed by atoms with van der Waals surface area (Å²) >= 11 is 0. The van der Waals surface area contributed by atoms with Crippen molar-refractivity contribution in [3.8, 4) is 0 Å². The maximum atomic E-state index is 12.7. The molecule has 0 aliphatic carbocycles. The molecule has 8 nitrogen and oxygen atoms in total. The average Bonchev–Trinajstić information content (AvgIpc) is 2.73. The van der Waals surface area contributed by atoms with E-state index in [1.165, 1.54) is 12.1 Å². The maximum Gasteiger partial charge on any atom is 0.293 e. The SMILES string of the molecule is CNc1ccc(C(=O)N2CCC(C(=O)Nc3ccccc3)CC2)cc1[N+](=O)[O-]. The largest absolute Gasteiger partial charge is 0.383 e. The highest BCUT2D eigenvalue weighted by atomic mass is 16.6. The highest BCUT2D eigenvalue weighted by Crippen LogP contribution is 2.27. The van der Waals surface area contributed by atoms with Gasteiger partial charge in [-0.3, -0.25) is 19.7 Å². The van der Waals surface area contributed by atoms with Crippen molar-refractivity contribution in [1.29, 1.82) is 0 Å². The summed E-state index contributed by atoms with van der Waals surface area (Å²) < 4.78 is 0. The fourth-order valence-electron chi connectivity index (χ4n) is 3.32. The first-order valence-corrected chi connectivity index (χ1v) is 9.11. The Morgan fingerprint density at radius 3 is 2.39 bits per heavy atom. The van der Waals surface area contributed by atoms with Crippen molar-refractivity contribution in [2.45, 2.75) is 12.8 Å². The molecule has 28 heavy (non-hydrogen) atoms. The zero-order valence-electron chi connectivity index (χ0n) is 15.6. The second-order valence-corrected chi connectivity index (χ2v) is 6.66. The molecule has 0 atom stereocenters. The molecule has 1 heterocycles. The fraction of sp³-hybridized carbons (Fsp3) is 0.300. The summed E-state index contributed by atoms with van der Waals surface area (Å²) in [6.07, 6.45) is 1.11. The van der Waals surface area contributed by atoms with E-state index in [4.69, 9.17) is 0 Å². The van der Waals surface area contributed by atoms with Gasteiger partial charge in [-0.05, 0) is 37.1 Å². The Balaban J connectivity index is 1.61. The molecule has 3 rings (SSSR count). The van der Waals surface area contributed by atoms with E-state index < -0.39 is 4.92 Å². The zero-order valence-corrected chi connectivity index (χ0v) is 15.6. The Hall–Kier alpha value is -3.42. The number of benzene rings is 2. The fourth-order valence-corrected chi connectivity index (χ4v) is 3.32. The van der Waals surface area contributed by atoms with Gasteiger partial charge in [0.15, 0.2) is 0 Å². The van der Waals surface area contributed by atoms with E-state index in [2.05, 4.69) is 10.6 Å². The Bertz CT molecular complexity index is 877. The third-order valence-electron chi connectivity index (χ3n) is 4.91. The molecule has 0 unspecified atom stereocenters. The number of hydrogen-bond donors (Lipinski definition) is 2. The van der Waals surface area contributed by atoms with Gasteiger partial charge in [0.05, 0.1) is 4.92 Å². The Morgan fingerprint density at radius 2 is 1.79 bits per heavy atom. The van der Waals surface area contributed by atoms with E-state index >= 15 is 0 Å². The van der Waals surface area contributed by atoms with Gasteiger partial charge < -0.3 is 15.5 Å². The number of likely N-dealkylation sites (tertiary alicyclic amines) is 1. The molecule has 146 valence electrons. The number of carbonyl (C=O) groups is 2. The van der Waals surface area contributed by atoms with Gasteiger partial charge in [0.2, 0.25) is 5.91 Å². The Labute approximate surface area is 162 Å². The standard InChI is InChI=1S/C20H22N4O4/c1-21-17-8-7-15(13-18(17)24(27)28)20(26)23-11-9-14(10-12-23)19(25)22-16-5-3-2-4-6-16/h2-8,13-14,21H,9-12H2,1H3,(H,22,25). The highest BCUT2D eigenvalue weighted by molar-refractivity contribution is 5.96. The molecule has 1 saturated heterocycles. The zero-order chi connectivity index (χ0) is 20.1. The number of piperidine rings is 1. The maximum absolute atomic E-state index is 12.7. The topological polar surface area (TPSA) is 105 Å². The van der Waals surface area contributed by atoms with E-state index in [0.29, 0.717) is 31.6 Å². The minimum atomic E-state index is -0.511. The number of nitrogens with one attached hydrogen (secondary N) is 2. The monoisotopic (exact) mass is 382 g/mol. The lowest BCUT2D eigenvalue weighted by atomic mass is 9.95. The van der Waals surface area contributed by atoms with Crippen molar-refractivity contribution >= 4 is 28.9 Å². The molecule has 2 aromatic rings. The van der Waals surface area contributed by atoms with Crippen molar-refractivity contribution < 1.29 is 14.5 Å². The first-order valence-electron chi connectivity index (χ1n) is 9.11. The lowest BCUT2D eigenvalue weighted by molar-refractivity contribution is -0.384. The predicted octanol–water partition coefficient (Wildman–Crippen LogP) is 3.13. The number of rotatable bonds is 5. The molecule has 0 radical (unpaired) electrons. The molecule has 2 amide bonds. The van der Waals surface area contributed by atoms with Gasteiger partial charge in [0, 0.05) is 43.4 Å². The lowest BCUT2D eigenvalue weighted by Gasteiger charge is -2.31. The summed E-state index contributed by atoms with van der Waals surface area (Å²) in [7, 11) is 1.59. The van der Waals surface area contributed by atoms with Gasteiger partial charge in [-0.15, -0.1) is 0 Å². The predicted molar refractivity (Wildman–Crippen MR) is 106 cm³/mol. The van der Waals surface area contributed by atoms with Crippen LogP contribution < -0.4 is 10.6 Å². The minimum Gasteiger partial charge on any atom is -0.383 e. The normalized spacial score (nSPS) is 14.4. The summed E-state index contributed by atoms with van der Waals surface area (Å²) in [6.45, 7) is 0.876. The van der Waals surface area contributed by atoms with Crippen LogP contribution in [0.15, 0.2) is 48.5 Å². The molecular weight excluding hydrogens is 360 g/mol. The summed E-state index contributed by atoms with van der Waals surface area (Å²) in [4.78, 5) is 37.5. The Kier molecular flexibility index (Phi) is 5.88. The molecule has 1 aliphatic heterocycles. The second kappa shape index (κ2) is 8.51. The molecule has 1 aliphatic rings. The number of nitro benzene ring substituents is 1. The van der Waals surface area contributed by atoms with Crippen LogP contribution in [0, 0.1) is 16.0 Å². The van der Waals surface area contributed by atoms with Crippen LogP contribution in [0.4, 0.5) is 17.1 Å². The van der Waals surface area contributed by atoms with Gasteiger partial charge in [-0.25, -0.2) is 0 Å². The number of para-hydroxylation sites is 1. The minimum absolute atomic E-state index is 0.0488. The van der Waals surface area contributed by atoms with Gasteiger partial charge in [0.25, 0.3) is 11.6 Å². The van der Waals surface area contributed by atoms with Crippen molar-refractivity contribution in [3.63, 3.8) is 0 Å². The van der Waals surface area contributed by atoms with Crippen LogP contribution in [0.25, 0.3) is 0 Å². The van der Waals surface area contributed by atoms with Crippen molar-refractivity contribution in [2.24, 2.45) is 5.92 Å². The average molecular weight is 382 g/mol. The van der Waals surface area contributed by atoms with Crippen LogP contribution in [0.1, 0.15) is 23.2 Å². The second-order valence-electron chi connectivity index (χ2n) is 6.66. The summed E-state index contributed by atoms with van der Waals surface area (Å²) in [6, 6.07) is 13.7. The summed E-state index contributed by atoms with van der Waals surface area (Å²) in [5.74, 6) is -0.467. The summed E-state index contributed by atoms with van der Waals surface area (Å²) in [5, 5.41) is 16.8. The van der Waals surface area contributed by atoms with Gasteiger partial charge in [0.1, 0.15) is 5.69 Å². The van der Waals surface area contributed by atoms with Gasteiger partial charge >= 0.3 is 0 Å². The first-order chi connectivity index (χ1) is 13.5. The van der Waals surface area contributed by atoms with E-state index in [0.717, 1.165) is 5.69 Å². The smallest absolute Gasteiger partial charge is 0.293 e. The summed E-state index contributed by atoms with van der Waals surface area (Å²) in [5.41, 5.74) is 1.25. The van der Waals surface area contributed by atoms with Crippen molar-refractivity contribution in [1.82, 2.24) is 4.90 Å². The molecule has 1 fully saturated rings. The van der Waals surface area contributed by atoms with E-state index in [1.807, 2.05) is 30.3 Å².